The van der Waals surface area contributed by atoms with Crippen molar-refractivity contribution in [2.45, 2.75) is 38.1 Å². The largest absolute Gasteiger partial charge is 0.397 e. The molecule has 1 aliphatic rings. The van der Waals surface area contributed by atoms with Crippen LogP contribution in [-0.4, -0.2) is 24.9 Å². The molecule has 1 aliphatic carbocycles. The van der Waals surface area contributed by atoms with Gasteiger partial charge in [0.2, 0.25) is 11.8 Å². The number of nitrogens with two attached hydrogens (primary N) is 1. The van der Waals surface area contributed by atoms with Crippen molar-refractivity contribution in [3.05, 3.63) is 103 Å². The first kappa shape index (κ1) is 27.7. The topological polar surface area (TPSA) is 96.2 Å². The third-order valence-corrected chi connectivity index (χ3v) is 6.57. The first-order valence-electron chi connectivity index (χ1n) is 12.9. The van der Waals surface area contributed by atoms with E-state index in [9.17, 15) is 9.59 Å². The minimum absolute atomic E-state index is 0.0873. The molecule has 1 unspecified atom stereocenters. The molecule has 0 aromatic heterocycles. The van der Waals surface area contributed by atoms with E-state index in [4.69, 9.17) is 5.73 Å². The second-order valence-corrected chi connectivity index (χ2v) is 9.32. The Bertz CT molecular complexity index is 1130. The molecule has 2 aromatic rings. The van der Waals surface area contributed by atoms with Crippen LogP contribution in [0.4, 0.5) is 11.4 Å². The van der Waals surface area contributed by atoms with Gasteiger partial charge in [0.25, 0.3) is 0 Å². The van der Waals surface area contributed by atoms with Crippen molar-refractivity contribution >= 4 is 29.3 Å². The minimum atomic E-state index is -0.473. The van der Waals surface area contributed by atoms with E-state index in [2.05, 4.69) is 29.1 Å². The van der Waals surface area contributed by atoms with Crippen molar-refractivity contribution in [3.63, 3.8) is 0 Å². The normalized spacial score (nSPS) is 15.2. The van der Waals surface area contributed by atoms with E-state index in [1.165, 1.54) is 38.2 Å². The highest BCUT2D eigenvalue weighted by Crippen LogP contribution is 2.24. The predicted molar refractivity (Wildman–Crippen MR) is 154 cm³/mol. The van der Waals surface area contributed by atoms with Crippen molar-refractivity contribution in [3.8, 4) is 0 Å². The number of nitrogen functional groups attached to an aromatic ring is 1. The number of hydrogen-bond acceptors (Lipinski definition) is 4. The maximum absolute atomic E-state index is 13.2. The van der Waals surface area contributed by atoms with Gasteiger partial charge in [-0.1, -0.05) is 87.0 Å². The van der Waals surface area contributed by atoms with Gasteiger partial charge >= 0.3 is 0 Å². The molecular weight excluding hydrogens is 460 g/mol. The lowest BCUT2D eigenvalue weighted by molar-refractivity contribution is -0.123. The van der Waals surface area contributed by atoms with Gasteiger partial charge in [0.1, 0.15) is 6.04 Å². The molecule has 0 spiro atoms. The third kappa shape index (κ3) is 8.92. The summed E-state index contributed by atoms with van der Waals surface area (Å²) < 4.78 is 0. The highest BCUT2D eigenvalue weighted by Gasteiger charge is 2.22. The third-order valence-electron chi connectivity index (χ3n) is 6.57. The van der Waals surface area contributed by atoms with Crippen LogP contribution in [0.15, 0.2) is 91.6 Å². The molecule has 0 radical (unpaired) electrons. The standard InChI is InChI=1S/C31H38N4O2/c1-3-10-23(4-2)21-34-31(37)30(33-22-25-11-6-5-7-12-25)26-18-15-24(16-19-26)17-20-29(36)35-28-14-9-8-13-27(28)32/h3-4,8-10,13-20,25,30,33H,1-2,5-7,11-12,21-22,32H2,(H,34,37)(H,35,36)/b20-17+,23-10+. The van der Waals surface area contributed by atoms with Crippen LogP contribution >= 0.6 is 0 Å². The second-order valence-electron chi connectivity index (χ2n) is 9.32. The van der Waals surface area contributed by atoms with Gasteiger partial charge in [-0.3, -0.25) is 9.59 Å². The number of amides is 2. The maximum atomic E-state index is 13.2. The lowest BCUT2D eigenvalue weighted by Crippen LogP contribution is -2.40. The smallest absolute Gasteiger partial charge is 0.248 e. The summed E-state index contributed by atoms with van der Waals surface area (Å²) in [5.74, 6) is 0.238. The molecule has 2 amide bonds. The van der Waals surface area contributed by atoms with Gasteiger partial charge in [0.05, 0.1) is 11.4 Å². The maximum Gasteiger partial charge on any atom is 0.248 e. The Kier molecular flexibility index (Phi) is 10.9. The summed E-state index contributed by atoms with van der Waals surface area (Å²) in [6.07, 6.45) is 14.6. The monoisotopic (exact) mass is 498 g/mol. The molecule has 1 atom stereocenters. The molecule has 6 heteroatoms. The van der Waals surface area contributed by atoms with Crippen LogP contribution in [-0.2, 0) is 9.59 Å². The summed E-state index contributed by atoms with van der Waals surface area (Å²) in [5, 5.41) is 9.31. The molecule has 0 saturated heterocycles. The Balaban J connectivity index is 1.67. The SMILES string of the molecule is C=C/C=C(\C=C)CNC(=O)C(NCC1CCCCC1)c1ccc(/C=C/C(=O)Nc2ccccc2N)cc1. The Morgan fingerprint density at radius 3 is 2.43 bits per heavy atom. The van der Waals surface area contributed by atoms with Gasteiger partial charge in [-0.05, 0) is 60.2 Å². The van der Waals surface area contributed by atoms with Crippen molar-refractivity contribution in [1.29, 1.82) is 0 Å². The number of hydrogen-bond donors (Lipinski definition) is 4. The summed E-state index contributed by atoms with van der Waals surface area (Å²) >= 11 is 0. The molecule has 194 valence electrons. The lowest BCUT2D eigenvalue weighted by Gasteiger charge is -2.25. The Morgan fingerprint density at radius 1 is 1.03 bits per heavy atom. The zero-order valence-electron chi connectivity index (χ0n) is 21.4. The number of allylic oxidation sites excluding steroid dienone is 2. The Morgan fingerprint density at radius 2 is 1.76 bits per heavy atom. The zero-order chi connectivity index (χ0) is 26.5. The molecule has 1 fully saturated rings. The number of carbonyl (C=O) groups is 2. The molecule has 0 aliphatic heterocycles. The highest BCUT2D eigenvalue weighted by atomic mass is 16.2. The van der Waals surface area contributed by atoms with Crippen LogP contribution in [0.3, 0.4) is 0 Å². The van der Waals surface area contributed by atoms with E-state index in [1.807, 2.05) is 42.5 Å². The van der Waals surface area contributed by atoms with Crippen LogP contribution < -0.4 is 21.7 Å². The van der Waals surface area contributed by atoms with E-state index in [1.54, 1.807) is 30.4 Å². The molecule has 1 saturated carbocycles. The van der Waals surface area contributed by atoms with Gasteiger partial charge in [0, 0.05) is 12.6 Å². The summed E-state index contributed by atoms with van der Waals surface area (Å²) in [6, 6.07) is 14.3. The fourth-order valence-electron chi connectivity index (χ4n) is 4.44. The number of carbonyl (C=O) groups excluding carboxylic acids is 2. The van der Waals surface area contributed by atoms with E-state index in [0.29, 0.717) is 23.8 Å². The predicted octanol–water partition coefficient (Wildman–Crippen LogP) is 5.55. The minimum Gasteiger partial charge on any atom is -0.397 e. The molecule has 2 aromatic carbocycles. The van der Waals surface area contributed by atoms with Crippen molar-refractivity contribution in [2.24, 2.45) is 5.92 Å². The number of benzene rings is 2. The Labute approximate surface area is 220 Å². The van der Waals surface area contributed by atoms with E-state index >= 15 is 0 Å². The summed E-state index contributed by atoms with van der Waals surface area (Å²) in [4.78, 5) is 25.5. The van der Waals surface area contributed by atoms with Gasteiger partial charge < -0.3 is 21.7 Å². The van der Waals surface area contributed by atoms with Gasteiger partial charge in [-0.15, -0.1) is 0 Å². The van der Waals surface area contributed by atoms with Crippen LogP contribution in [0.2, 0.25) is 0 Å². The van der Waals surface area contributed by atoms with Crippen molar-refractivity contribution in [1.82, 2.24) is 10.6 Å². The molecular formula is C31H38N4O2. The van der Waals surface area contributed by atoms with Crippen molar-refractivity contribution < 1.29 is 9.59 Å². The lowest BCUT2D eigenvalue weighted by atomic mass is 9.89. The molecule has 0 bridgehead atoms. The van der Waals surface area contributed by atoms with Crippen LogP contribution in [0.1, 0.15) is 49.3 Å². The van der Waals surface area contributed by atoms with Gasteiger partial charge in [-0.25, -0.2) is 0 Å². The summed E-state index contributed by atoms with van der Waals surface area (Å²) in [6.45, 7) is 8.71. The van der Waals surface area contributed by atoms with Crippen LogP contribution in [0.25, 0.3) is 6.08 Å². The van der Waals surface area contributed by atoms with E-state index in [0.717, 1.165) is 23.2 Å². The van der Waals surface area contributed by atoms with Gasteiger partial charge in [-0.2, -0.15) is 0 Å². The first-order valence-corrected chi connectivity index (χ1v) is 12.9. The quantitative estimate of drug-likeness (QED) is 0.175. The second kappa shape index (κ2) is 14.6. The first-order chi connectivity index (χ1) is 18.0. The zero-order valence-corrected chi connectivity index (χ0v) is 21.4. The number of para-hydroxylation sites is 2. The number of anilines is 2. The molecule has 0 heterocycles. The molecule has 37 heavy (non-hydrogen) atoms. The van der Waals surface area contributed by atoms with Crippen LogP contribution in [0, 0.1) is 5.92 Å². The molecule has 3 rings (SSSR count). The fraction of sp³-hybridized carbons (Fsp3) is 0.290. The summed E-state index contributed by atoms with van der Waals surface area (Å²) in [7, 11) is 0. The van der Waals surface area contributed by atoms with Gasteiger partial charge in [0.15, 0.2) is 0 Å². The average molecular weight is 499 g/mol. The Hall–Kier alpha value is -3.90. The van der Waals surface area contributed by atoms with E-state index in [-0.39, 0.29) is 11.8 Å². The van der Waals surface area contributed by atoms with Crippen molar-refractivity contribution in [2.75, 3.05) is 24.1 Å². The average Bonchev–Trinajstić information content (AvgIpc) is 2.92. The summed E-state index contributed by atoms with van der Waals surface area (Å²) in [5.41, 5.74) is 9.60. The number of nitrogens with one attached hydrogen (secondary N) is 3. The molecule has 6 nitrogen and oxygen atoms in total. The fourth-order valence-corrected chi connectivity index (χ4v) is 4.44. The number of rotatable bonds is 12. The van der Waals surface area contributed by atoms with Crippen LogP contribution in [0.5, 0.6) is 0 Å². The van der Waals surface area contributed by atoms with E-state index < -0.39 is 6.04 Å². The molecule has 5 N–H and O–H groups in total. The highest BCUT2D eigenvalue weighted by molar-refractivity contribution is 6.03.